The first-order valence-corrected chi connectivity index (χ1v) is 12.9. The van der Waals surface area contributed by atoms with Crippen molar-refractivity contribution in [3.8, 4) is 0 Å². The van der Waals surface area contributed by atoms with Gasteiger partial charge in [0.25, 0.3) is 0 Å². The normalized spacial score (nSPS) is 14.8. The molecule has 0 bridgehead atoms. The Morgan fingerprint density at radius 1 is 0.892 bits per heavy atom. The van der Waals surface area contributed by atoms with Crippen LogP contribution in [0.25, 0.3) is 5.57 Å². The zero-order valence-corrected chi connectivity index (χ0v) is 21.8. The van der Waals surface area contributed by atoms with E-state index in [1.54, 1.807) is 0 Å². The molecule has 0 amide bonds. The molecule has 3 aromatic carbocycles. The first-order chi connectivity index (χ1) is 17.9. The van der Waals surface area contributed by atoms with Crippen molar-refractivity contribution in [3.63, 3.8) is 0 Å². The van der Waals surface area contributed by atoms with E-state index in [2.05, 4.69) is 49.2 Å². The zero-order valence-electron chi connectivity index (χ0n) is 21.8. The van der Waals surface area contributed by atoms with Crippen molar-refractivity contribution in [1.29, 1.82) is 0 Å². The number of anilines is 1. The molecule has 0 spiro atoms. The second kappa shape index (κ2) is 10.2. The predicted molar refractivity (Wildman–Crippen MR) is 149 cm³/mol. The van der Waals surface area contributed by atoms with Gasteiger partial charge in [0, 0.05) is 36.0 Å². The molecule has 4 nitrogen and oxygen atoms in total. The number of carbonyl (C=O) groups excluding carboxylic acids is 2. The summed E-state index contributed by atoms with van der Waals surface area (Å²) in [5.41, 5.74) is 7.78. The van der Waals surface area contributed by atoms with Gasteiger partial charge in [-0.1, -0.05) is 80.1 Å². The van der Waals surface area contributed by atoms with E-state index in [0.29, 0.717) is 12.0 Å². The van der Waals surface area contributed by atoms with Gasteiger partial charge in [0.05, 0.1) is 12.7 Å². The van der Waals surface area contributed by atoms with E-state index in [1.165, 1.54) is 18.2 Å². The van der Waals surface area contributed by atoms with Crippen molar-refractivity contribution >= 4 is 23.0 Å². The number of methoxy groups -OCH3 is 1. The first-order valence-electron chi connectivity index (χ1n) is 12.9. The minimum atomic E-state index is -0.325. The largest absolute Gasteiger partial charge is 0.465 e. The summed E-state index contributed by atoms with van der Waals surface area (Å²) in [4.78, 5) is 28.3. The number of rotatable bonds is 8. The topological polar surface area (TPSA) is 46.6 Å². The Labute approximate surface area is 219 Å². The van der Waals surface area contributed by atoms with Crippen molar-refractivity contribution in [2.24, 2.45) is 0 Å². The van der Waals surface area contributed by atoms with E-state index < -0.39 is 0 Å². The highest BCUT2D eigenvalue weighted by molar-refractivity contribution is 6.12. The molecule has 37 heavy (non-hydrogen) atoms. The number of ketones is 1. The van der Waals surface area contributed by atoms with Gasteiger partial charge in [-0.25, -0.2) is 4.79 Å². The number of nitrogens with zero attached hydrogens (tertiary/aromatic N) is 1. The lowest BCUT2D eigenvalue weighted by Gasteiger charge is -2.26. The van der Waals surface area contributed by atoms with Gasteiger partial charge < -0.3 is 9.64 Å². The fraction of sp³-hybridized carbons (Fsp3) is 0.273. The van der Waals surface area contributed by atoms with Gasteiger partial charge in [0.2, 0.25) is 0 Å². The van der Waals surface area contributed by atoms with Crippen LogP contribution in [0.4, 0.5) is 5.69 Å². The van der Waals surface area contributed by atoms with Gasteiger partial charge in [0.1, 0.15) is 0 Å². The fourth-order valence-electron chi connectivity index (χ4n) is 5.19. The third-order valence-corrected chi connectivity index (χ3v) is 7.36. The van der Waals surface area contributed by atoms with E-state index in [4.69, 9.17) is 4.74 Å². The first kappa shape index (κ1) is 24.8. The highest BCUT2D eigenvalue weighted by atomic mass is 16.5. The highest BCUT2D eigenvalue weighted by Gasteiger charge is 2.32. The summed E-state index contributed by atoms with van der Waals surface area (Å²) in [6.45, 7) is 5.09. The van der Waals surface area contributed by atoms with Crippen LogP contribution < -0.4 is 4.90 Å². The predicted octanol–water partition coefficient (Wildman–Crippen LogP) is 6.90. The third-order valence-electron chi connectivity index (χ3n) is 7.36. The monoisotopic (exact) mass is 491 g/mol. The van der Waals surface area contributed by atoms with Gasteiger partial charge in [-0.2, -0.15) is 0 Å². The van der Waals surface area contributed by atoms with Crippen LogP contribution in [0.15, 0.2) is 96.2 Å². The molecule has 3 aromatic rings. The Morgan fingerprint density at radius 2 is 1.57 bits per heavy atom. The van der Waals surface area contributed by atoms with E-state index in [0.717, 1.165) is 53.8 Å². The average Bonchev–Trinajstić information content (AvgIpc) is 3.67. The van der Waals surface area contributed by atoms with E-state index >= 15 is 0 Å². The molecule has 0 N–H and O–H groups in total. The van der Waals surface area contributed by atoms with Crippen molar-refractivity contribution in [1.82, 2.24) is 0 Å². The minimum Gasteiger partial charge on any atom is -0.465 e. The third kappa shape index (κ3) is 5.29. The van der Waals surface area contributed by atoms with Crippen molar-refractivity contribution in [3.05, 3.63) is 118 Å². The van der Waals surface area contributed by atoms with Gasteiger partial charge in [-0.05, 0) is 59.6 Å². The quantitative estimate of drug-likeness (QED) is 0.254. The number of benzene rings is 3. The molecule has 188 valence electrons. The molecule has 1 aliphatic carbocycles. The summed E-state index contributed by atoms with van der Waals surface area (Å²) >= 11 is 0. The second-order valence-electron chi connectivity index (χ2n) is 10.5. The lowest BCUT2D eigenvalue weighted by molar-refractivity contribution is -0.116. The molecule has 0 unspecified atom stereocenters. The molecule has 4 heteroatoms. The molecule has 1 saturated carbocycles. The standard InChI is InChI=1S/C33H33NO3/c1-33(2,27-12-8-5-9-13-27)21-30(35)31(24-14-15-24)28(23-10-6-4-7-11-23)22-34-19-18-25-20-26(32(36)37-3)16-17-29(25)34/h4-13,16-17,20,22H,14-15,18-19,21H2,1-3H3/b28-22+. The number of carbonyl (C=O) groups is 2. The van der Waals surface area contributed by atoms with Gasteiger partial charge in [-0.3, -0.25) is 4.79 Å². The van der Waals surface area contributed by atoms with Crippen LogP contribution in [0.2, 0.25) is 0 Å². The Kier molecular flexibility index (Phi) is 6.84. The second-order valence-corrected chi connectivity index (χ2v) is 10.5. The molecule has 1 fully saturated rings. The average molecular weight is 492 g/mol. The van der Waals surface area contributed by atoms with Crippen LogP contribution in [0.3, 0.4) is 0 Å². The van der Waals surface area contributed by atoms with Crippen molar-refractivity contribution in [2.45, 2.75) is 44.9 Å². The van der Waals surface area contributed by atoms with E-state index in [9.17, 15) is 9.59 Å². The van der Waals surface area contributed by atoms with Crippen LogP contribution in [-0.4, -0.2) is 25.4 Å². The van der Waals surface area contributed by atoms with Gasteiger partial charge in [0.15, 0.2) is 5.78 Å². The number of allylic oxidation sites excluding steroid dienone is 3. The number of Topliss-reactive ketones (excluding diaryl/α,β-unsaturated/α-hetero) is 1. The summed E-state index contributed by atoms with van der Waals surface area (Å²) < 4.78 is 4.90. The van der Waals surface area contributed by atoms with E-state index in [1.807, 2.05) is 54.6 Å². The fourth-order valence-corrected chi connectivity index (χ4v) is 5.19. The molecule has 5 rings (SSSR count). The van der Waals surface area contributed by atoms with Crippen LogP contribution in [0.5, 0.6) is 0 Å². The summed E-state index contributed by atoms with van der Waals surface area (Å²) in [6, 6.07) is 26.2. The smallest absolute Gasteiger partial charge is 0.337 e. The molecule has 0 radical (unpaired) electrons. The number of hydrogen-bond acceptors (Lipinski definition) is 4. The Morgan fingerprint density at radius 3 is 2.22 bits per heavy atom. The Hall–Kier alpha value is -3.92. The molecular formula is C33H33NO3. The number of fused-ring (bicyclic) bond motifs is 1. The van der Waals surface area contributed by atoms with E-state index in [-0.39, 0.29) is 17.2 Å². The lowest BCUT2D eigenvalue weighted by atomic mass is 9.78. The van der Waals surface area contributed by atoms with Crippen LogP contribution in [-0.2, 0) is 21.4 Å². The van der Waals surface area contributed by atoms with Gasteiger partial charge >= 0.3 is 5.97 Å². The molecule has 0 saturated heterocycles. The van der Waals surface area contributed by atoms with Gasteiger partial charge in [-0.15, -0.1) is 0 Å². The molecular weight excluding hydrogens is 458 g/mol. The summed E-state index contributed by atoms with van der Waals surface area (Å²) in [5.74, 6) is -0.133. The van der Waals surface area contributed by atoms with Crippen LogP contribution >= 0.6 is 0 Å². The maximum Gasteiger partial charge on any atom is 0.337 e. The Bertz CT molecular complexity index is 1380. The number of esters is 1. The molecule has 0 aromatic heterocycles. The molecule has 1 aliphatic heterocycles. The van der Waals surface area contributed by atoms with Crippen molar-refractivity contribution < 1.29 is 14.3 Å². The lowest BCUT2D eigenvalue weighted by Crippen LogP contribution is -2.24. The van der Waals surface area contributed by atoms with Crippen molar-refractivity contribution in [2.75, 3.05) is 18.6 Å². The number of hydrogen-bond donors (Lipinski definition) is 0. The highest BCUT2D eigenvalue weighted by Crippen LogP contribution is 2.42. The minimum absolute atomic E-state index is 0.192. The summed E-state index contributed by atoms with van der Waals surface area (Å²) in [5, 5.41) is 0. The number of ether oxygens (including phenoxy) is 1. The maximum atomic E-state index is 14.0. The molecule has 2 aliphatic rings. The van der Waals surface area contributed by atoms with Crippen LogP contribution in [0.1, 0.15) is 60.2 Å². The molecule has 1 heterocycles. The summed E-state index contributed by atoms with van der Waals surface area (Å²) in [7, 11) is 1.40. The Balaban J connectivity index is 1.52. The zero-order chi connectivity index (χ0) is 26.0. The maximum absolute atomic E-state index is 14.0. The van der Waals surface area contributed by atoms with Crippen LogP contribution in [0, 0.1) is 0 Å². The summed E-state index contributed by atoms with van der Waals surface area (Å²) in [6.07, 6.45) is 5.36. The molecule has 0 atom stereocenters. The SMILES string of the molecule is COC(=O)c1ccc2c(c1)CCN2/C=C(/C(C(=O)CC(C)(C)c1ccccc1)=C1CC1)c1ccccc1.